The Balaban J connectivity index is 2.27. The van der Waals surface area contributed by atoms with Gasteiger partial charge in [-0.15, -0.1) is 0 Å². The molecule has 0 atom stereocenters. The summed E-state index contributed by atoms with van der Waals surface area (Å²) in [5.74, 6) is 0.771. The highest BCUT2D eigenvalue weighted by Crippen LogP contribution is 2.19. The molecule has 0 radical (unpaired) electrons. The Labute approximate surface area is 169 Å². The highest BCUT2D eigenvalue weighted by atomic mass is 16.2. The zero-order chi connectivity index (χ0) is 20.6. The van der Waals surface area contributed by atoms with E-state index in [1.807, 2.05) is 6.07 Å². The highest BCUT2D eigenvalue weighted by molar-refractivity contribution is 5.84. The minimum Gasteiger partial charge on any atom is -0.347 e. The lowest BCUT2D eigenvalue weighted by Crippen LogP contribution is -2.49. The largest absolute Gasteiger partial charge is 0.347 e. The zero-order valence-electron chi connectivity index (χ0n) is 17.9. The van der Waals surface area contributed by atoms with Gasteiger partial charge in [-0.1, -0.05) is 63.4 Å². The maximum Gasteiger partial charge on any atom is 0.239 e. The molecule has 1 aromatic carbocycles. The Morgan fingerprint density at radius 2 is 1.86 bits per heavy atom. The topological polar surface area (TPSA) is 72.9 Å². The summed E-state index contributed by atoms with van der Waals surface area (Å²) >= 11 is 0. The predicted molar refractivity (Wildman–Crippen MR) is 115 cm³/mol. The quantitative estimate of drug-likeness (QED) is 0.576. The van der Waals surface area contributed by atoms with E-state index in [2.05, 4.69) is 48.0 Å². The second-order valence-corrected chi connectivity index (χ2v) is 8.05. The minimum atomic E-state index is -0.890. The standard InChI is InChI=1S/C23H36N4O/c1-5-7-8-12-15-27-20(16-18-13-10-9-11-14-18)19(6-2)26-21(27)17-25-22(28)23(3,4)24/h9-11,13-14H,5-8,12,15-17,24H2,1-4H3,(H,25,28). The summed E-state index contributed by atoms with van der Waals surface area (Å²) in [6, 6.07) is 10.5. The van der Waals surface area contributed by atoms with Crippen molar-refractivity contribution in [2.45, 2.75) is 84.8 Å². The van der Waals surface area contributed by atoms with E-state index < -0.39 is 5.54 Å². The smallest absolute Gasteiger partial charge is 0.239 e. The van der Waals surface area contributed by atoms with E-state index in [1.54, 1.807) is 13.8 Å². The Hall–Kier alpha value is -2.14. The molecule has 1 heterocycles. The lowest BCUT2D eigenvalue weighted by molar-refractivity contribution is -0.125. The van der Waals surface area contributed by atoms with Crippen molar-refractivity contribution in [1.82, 2.24) is 14.9 Å². The van der Waals surface area contributed by atoms with E-state index >= 15 is 0 Å². The first-order valence-corrected chi connectivity index (χ1v) is 10.5. The number of nitrogens with one attached hydrogen (secondary N) is 1. The van der Waals surface area contributed by atoms with Crippen LogP contribution in [-0.2, 0) is 30.7 Å². The number of aryl methyl sites for hydroxylation is 1. The average molecular weight is 385 g/mol. The molecule has 0 aliphatic carbocycles. The molecule has 154 valence electrons. The molecule has 0 unspecified atom stereocenters. The number of hydrogen-bond donors (Lipinski definition) is 2. The maximum atomic E-state index is 12.2. The Morgan fingerprint density at radius 1 is 1.14 bits per heavy atom. The van der Waals surface area contributed by atoms with E-state index in [0.29, 0.717) is 6.54 Å². The number of carbonyl (C=O) groups excluding carboxylic acids is 1. The van der Waals surface area contributed by atoms with Crippen molar-refractivity contribution in [3.05, 3.63) is 53.1 Å². The molecular formula is C23H36N4O. The molecule has 0 fully saturated rings. The first-order valence-electron chi connectivity index (χ1n) is 10.5. The Morgan fingerprint density at radius 3 is 2.46 bits per heavy atom. The van der Waals surface area contributed by atoms with Gasteiger partial charge in [-0.3, -0.25) is 4.79 Å². The number of aromatic nitrogens is 2. The van der Waals surface area contributed by atoms with Gasteiger partial charge in [-0.25, -0.2) is 4.98 Å². The van der Waals surface area contributed by atoms with Crippen molar-refractivity contribution >= 4 is 5.91 Å². The number of benzene rings is 1. The minimum absolute atomic E-state index is 0.157. The molecule has 1 aromatic heterocycles. The number of unbranched alkanes of at least 4 members (excludes halogenated alkanes) is 3. The van der Waals surface area contributed by atoms with Crippen molar-refractivity contribution < 1.29 is 4.79 Å². The molecular weight excluding hydrogens is 348 g/mol. The van der Waals surface area contributed by atoms with Gasteiger partial charge >= 0.3 is 0 Å². The van der Waals surface area contributed by atoms with Crippen molar-refractivity contribution in [2.24, 2.45) is 5.73 Å². The average Bonchev–Trinajstić information content (AvgIpc) is 3.00. The fourth-order valence-corrected chi connectivity index (χ4v) is 3.34. The third-order valence-corrected chi connectivity index (χ3v) is 5.01. The summed E-state index contributed by atoms with van der Waals surface area (Å²) in [4.78, 5) is 17.1. The normalized spacial score (nSPS) is 11.6. The van der Waals surface area contributed by atoms with E-state index in [1.165, 1.54) is 30.5 Å². The fourth-order valence-electron chi connectivity index (χ4n) is 3.34. The first-order chi connectivity index (χ1) is 13.4. The zero-order valence-corrected chi connectivity index (χ0v) is 17.9. The lowest BCUT2D eigenvalue weighted by Gasteiger charge is -2.18. The van der Waals surface area contributed by atoms with E-state index in [0.717, 1.165) is 37.3 Å². The van der Waals surface area contributed by atoms with Crippen molar-refractivity contribution in [3.8, 4) is 0 Å². The Kier molecular flexibility index (Phi) is 8.24. The summed E-state index contributed by atoms with van der Waals surface area (Å²) in [5.41, 5.74) is 8.70. The second-order valence-electron chi connectivity index (χ2n) is 8.05. The van der Waals surface area contributed by atoms with Crippen LogP contribution < -0.4 is 11.1 Å². The van der Waals surface area contributed by atoms with Gasteiger partial charge in [0.1, 0.15) is 5.82 Å². The number of hydrogen-bond acceptors (Lipinski definition) is 3. The number of nitrogens with two attached hydrogens (primary N) is 1. The third kappa shape index (κ3) is 6.20. The highest BCUT2D eigenvalue weighted by Gasteiger charge is 2.23. The monoisotopic (exact) mass is 384 g/mol. The van der Waals surface area contributed by atoms with Crippen LogP contribution in [0.25, 0.3) is 0 Å². The van der Waals surface area contributed by atoms with Gasteiger partial charge in [0, 0.05) is 18.7 Å². The van der Waals surface area contributed by atoms with Gasteiger partial charge in [0.2, 0.25) is 5.91 Å². The van der Waals surface area contributed by atoms with E-state index in [9.17, 15) is 4.79 Å². The predicted octanol–water partition coefficient (Wildman–Crippen LogP) is 3.97. The Bertz CT molecular complexity index is 744. The molecule has 0 saturated carbocycles. The lowest BCUT2D eigenvalue weighted by atomic mass is 10.1. The molecule has 0 saturated heterocycles. The molecule has 0 spiro atoms. The van der Waals surface area contributed by atoms with Crippen LogP contribution in [-0.4, -0.2) is 21.0 Å². The molecule has 2 aromatic rings. The summed E-state index contributed by atoms with van der Waals surface area (Å²) in [7, 11) is 0. The first kappa shape index (κ1) is 22.2. The molecule has 0 bridgehead atoms. The van der Waals surface area contributed by atoms with Crippen LogP contribution >= 0.6 is 0 Å². The van der Waals surface area contributed by atoms with Crippen molar-refractivity contribution in [2.75, 3.05) is 0 Å². The number of imidazole rings is 1. The molecule has 5 heteroatoms. The summed E-state index contributed by atoms with van der Waals surface area (Å²) in [6.07, 6.45) is 6.54. The maximum absolute atomic E-state index is 12.2. The van der Waals surface area contributed by atoms with Crippen molar-refractivity contribution in [3.63, 3.8) is 0 Å². The molecule has 2 rings (SSSR count). The number of amides is 1. The van der Waals surface area contributed by atoms with Crippen LogP contribution in [0.1, 0.15) is 76.2 Å². The van der Waals surface area contributed by atoms with Crippen molar-refractivity contribution in [1.29, 1.82) is 0 Å². The van der Waals surface area contributed by atoms with Crippen LogP contribution in [0, 0.1) is 0 Å². The van der Waals surface area contributed by atoms with Crippen LogP contribution in [0.5, 0.6) is 0 Å². The number of nitrogens with zero attached hydrogens (tertiary/aromatic N) is 2. The number of rotatable bonds is 11. The van der Waals surface area contributed by atoms with E-state index in [4.69, 9.17) is 10.7 Å². The van der Waals surface area contributed by atoms with Crippen LogP contribution in [0.2, 0.25) is 0 Å². The van der Waals surface area contributed by atoms with Gasteiger partial charge in [-0.2, -0.15) is 0 Å². The van der Waals surface area contributed by atoms with Gasteiger partial charge < -0.3 is 15.6 Å². The van der Waals surface area contributed by atoms with Gasteiger partial charge in [-0.05, 0) is 32.3 Å². The fraction of sp³-hybridized carbons (Fsp3) is 0.565. The molecule has 3 N–H and O–H groups in total. The molecule has 1 amide bonds. The van der Waals surface area contributed by atoms with E-state index in [-0.39, 0.29) is 5.91 Å². The number of carbonyl (C=O) groups is 1. The summed E-state index contributed by atoms with van der Waals surface area (Å²) < 4.78 is 2.32. The van der Waals surface area contributed by atoms with Crippen LogP contribution in [0.4, 0.5) is 0 Å². The van der Waals surface area contributed by atoms with Gasteiger partial charge in [0.15, 0.2) is 0 Å². The SMILES string of the molecule is CCCCCCn1c(CNC(=O)C(C)(C)N)nc(CC)c1Cc1ccccc1. The molecule has 0 aliphatic heterocycles. The molecule has 5 nitrogen and oxygen atoms in total. The van der Waals surface area contributed by atoms with Gasteiger partial charge in [0.05, 0.1) is 17.8 Å². The summed E-state index contributed by atoms with van der Waals surface area (Å²) in [6.45, 7) is 9.16. The summed E-state index contributed by atoms with van der Waals surface area (Å²) in [5, 5.41) is 2.96. The van der Waals surface area contributed by atoms with Crippen LogP contribution in [0.3, 0.4) is 0 Å². The molecule has 0 aliphatic rings. The van der Waals surface area contributed by atoms with Gasteiger partial charge in [0.25, 0.3) is 0 Å². The van der Waals surface area contributed by atoms with Crippen LogP contribution in [0.15, 0.2) is 30.3 Å². The second kappa shape index (κ2) is 10.4. The molecule has 28 heavy (non-hydrogen) atoms. The third-order valence-electron chi connectivity index (χ3n) is 5.01.